The largest absolute Gasteiger partial charge is 0.295 e. The SMILES string of the molecule is C[Si](C)(C)C1=C2CC3(CC2CC1=O)c1ccccc1-c1ccccc13. The number of Topliss-reactive ketones (excluding diaryl/α,β-unsaturated/α-hetero) is 1. The first-order valence-electron chi connectivity index (χ1n) is 9.38. The molecule has 1 atom stereocenters. The molecule has 0 saturated heterocycles. The molecule has 0 amide bonds. The summed E-state index contributed by atoms with van der Waals surface area (Å²) in [5.41, 5.74) is 7.38. The smallest absolute Gasteiger partial charge is 0.155 e. The van der Waals surface area contributed by atoms with Gasteiger partial charge in [-0.25, -0.2) is 0 Å². The Labute approximate surface area is 150 Å². The normalized spacial score (nSPS) is 23.2. The molecule has 2 heteroatoms. The fourth-order valence-corrected chi connectivity index (χ4v) is 8.00. The number of hydrogen-bond donors (Lipinski definition) is 0. The van der Waals surface area contributed by atoms with Crippen molar-refractivity contribution in [3.8, 4) is 11.1 Å². The molecule has 1 nitrogen and oxygen atoms in total. The zero-order valence-corrected chi connectivity index (χ0v) is 16.2. The van der Waals surface area contributed by atoms with Crippen molar-refractivity contribution in [1.29, 1.82) is 0 Å². The lowest BCUT2D eigenvalue weighted by Crippen LogP contribution is -2.29. The predicted molar refractivity (Wildman–Crippen MR) is 105 cm³/mol. The van der Waals surface area contributed by atoms with Crippen LogP contribution in [0, 0.1) is 5.92 Å². The average molecular weight is 345 g/mol. The first-order valence-corrected chi connectivity index (χ1v) is 12.9. The van der Waals surface area contributed by atoms with Gasteiger partial charge in [-0.2, -0.15) is 0 Å². The van der Waals surface area contributed by atoms with Gasteiger partial charge in [-0.1, -0.05) is 73.7 Å². The number of carbonyl (C=O) groups excluding carboxylic acids is 1. The molecule has 1 saturated carbocycles. The van der Waals surface area contributed by atoms with E-state index in [1.54, 1.807) is 0 Å². The summed E-state index contributed by atoms with van der Waals surface area (Å²) in [7, 11) is -1.59. The van der Waals surface area contributed by atoms with Gasteiger partial charge in [-0.15, -0.1) is 0 Å². The molecular formula is C23H24OSi. The topological polar surface area (TPSA) is 17.1 Å². The van der Waals surface area contributed by atoms with Crippen LogP contribution in [0.15, 0.2) is 59.3 Å². The Hall–Kier alpha value is -1.93. The van der Waals surface area contributed by atoms with Crippen molar-refractivity contribution in [2.24, 2.45) is 5.92 Å². The summed E-state index contributed by atoms with van der Waals surface area (Å²) in [4.78, 5) is 12.7. The third-order valence-electron chi connectivity index (χ3n) is 6.54. The van der Waals surface area contributed by atoms with E-state index >= 15 is 0 Å². The molecule has 0 radical (unpaired) electrons. The van der Waals surface area contributed by atoms with Crippen molar-refractivity contribution in [1.82, 2.24) is 0 Å². The van der Waals surface area contributed by atoms with Gasteiger partial charge in [0.2, 0.25) is 0 Å². The predicted octanol–water partition coefficient (Wildman–Crippen LogP) is 5.51. The minimum atomic E-state index is -1.59. The summed E-state index contributed by atoms with van der Waals surface area (Å²) in [6.07, 6.45) is 2.91. The van der Waals surface area contributed by atoms with Gasteiger partial charge in [0.15, 0.2) is 5.78 Å². The Morgan fingerprint density at radius 1 is 0.920 bits per heavy atom. The van der Waals surface area contributed by atoms with Crippen LogP contribution in [0.25, 0.3) is 11.1 Å². The highest BCUT2D eigenvalue weighted by atomic mass is 28.3. The molecule has 2 aromatic carbocycles. The van der Waals surface area contributed by atoms with Gasteiger partial charge in [0.05, 0.1) is 8.07 Å². The van der Waals surface area contributed by atoms with E-state index in [1.165, 1.54) is 33.0 Å². The van der Waals surface area contributed by atoms with E-state index in [-0.39, 0.29) is 5.41 Å². The molecule has 1 spiro atoms. The fraction of sp³-hybridized carbons (Fsp3) is 0.348. The van der Waals surface area contributed by atoms with Gasteiger partial charge in [0, 0.05) is 11.8 Å². The van der Waals surface area contributed by atoms with Crippen LogP contribution in [-0.4, -0.2) is 13.9 Å². The fourth-order valence-electron chi connectivity index (χ4n) is 5.80. The lowest BCUT2D eigenvalue weighted by molar-refractivity contribution is -0.114. The summed E-state index contributed by atoms with van der Waals surface area (Å²) in [6.45, 7) is 6.99. The van der Waals surface area contributed by atoms with Crippen LogP contribution in [0.2, 0.25) is 19.6 Å². The van der Waals surface area contributed by atoms with Crippen LogP contribution in [0.4, 0.5) is 0 Å². The molecule has 25 heavy (non-hydrogen) atoms. The van der Waals surface area contributed by atoms with Crippen LogP contribution < -0.4 is 0 Å². The summed E-state index contributed by atoms with van der Waals surface area (Å²) in [5, 5.41) is 1.26. The van der Waals surface area contributed by atoms with Gasteiger partial charge in [0.1, 0.15) is 0 Å². The molecule has 0 aromatic heterocycles. The van der Waals surface area contributed by atoms with Crippen molar-refractivity contribution in [2.75, 3.05) is 0 Å². The zero-order valence-electron chi connectivity index (χ0n) is 15.2. The monoisotopic (exact) mass is 344 g/mol. The first-order chi connectivity index (χ1) is 11.9. The molecular weight excluding hydrogens is 320 g/mol. The van der Waals surface area contributed by atoms with Crippen molar-refractivity contribution in [2.45, 2.75) is 44.3 Å². The third-order valence-corrected chi connectivity index (χ3v) is 8.64. The van der Waals surface area contributed by atoms with Gasteiger partial charge in [-0.05, 0) is 46.2 Å². The number of ketones is 1. The summed E-state index contributed by atoms with van der Waals surface area (Å²) < 4.78 is 0. The van der Waals surface area contributed by atoms with Gasteiger partial charge >= 0.3 is 0 Å². The number of allylic oxidation sites excluding steroid dienone is 2. The van der Waals surface area contributed by atoms with E-state index in [0.717, 1.165) is 19.3 Å². The zero-order chi connectivity index (χ0) is 17.4. The Balaban J connectivity index is 1.75. The summed E-state index contributed by atoms with van der Waals surface area (Å²) in [6, 6.07) is 17.9. The molecule has 5 rings (SSSR count). The second kappa shape index (κ2) is 4.82. The van der Waals surface area contributed by atoms with Crippen LogP contribution in [-0.2, 0) is 10.2 Å². The first kappa shape index (κ1) is 15.3. The second-order valence-corrected chi connectivity index (χ2v) is 14.0. The highest BCUT2D eigenvalue weighted by molar-refractivity contribution is 6.87. The van der Waals surface area contributed by atoms with Crippen molar-refractivity contribution in [3.05, 3.63) is 70.4 Å². The van der Waals surface area contributed by atoms with Crippen LogP contribution in [0.5, 0.6) is 0 Å². The van der Waals surface area contributed by atoms with E-state index in [4.69, 9.17) is 0 Å². The molecule has 3 aliphatic carbocycles. The number of hydrogen-bond acceptors (Lipinski definition) is 1. The highest BCUT2D eigenvalue weighted by Crippen LogP contribution is 2.62. The Bertz CT molecular complexity index is 899. The molecule has 1 unspecified atom stereocenters. The summed E-state index contributed by atoms with van der Waals surface area (Å²) >= 11 is 0. The summed E-state index contributed by atoms with van der Waals surface area (Å²) in [5.74, 6) is 0.919. The van der Waals surface area contributed by atoms with Crippen LogP contribution >= 0.6 is 0 Å². The molecule has 0 bridgehead atoms. The van der Waals surface area contributed by atoms with Crippen molar-refractivity contribution >= 4 is 13.9 Å². The molecule has 2 aromatic rings. The van der Waals surface area contributed by atoms with Gasteiger partial charge < -0.3 is 0 Å². The Morgan fingerprint density at radius 3 is 2.04 bits per heavy atom. The molecule has 3 aliphatic rings. The lowest BCUT2D eigenvalue weighted by atomic mass is 9.75. The maximum atomic E-state index is 12.7. The van der Waals surface area contributed by atoms with E-state index in [0.29, 0.717) is 11.7 Å². The van der Waals surface area contributed by atoms with E-state index in [2.05, 4.69) is 68.2 Å². The molecule has 126 valence electrons. The second-order valence-electron chi connectivity index (χ2n) is 9.03. The molecule has 0 N–H and O–H groups in total. The number of carbonyl (C=O) groups is 1. The molecule has 1 fully saturated rings. The van der Waals surface area contributed by atoms with E-state index in [1.807, 2.05) is 0 Å². The van der Waals surface area contributed by atoms with Crippen LogP contribution in [0.3, 0.4) is 0 Å². The van der Waals surface area contributed by atoms with E-state index in [9.17, 15) is 4.79 Å². The standard InChI is InChI=1S/C23H24OSi/c1-25(2,3)22-18-14-23(13-15(18)12-21(22)24)19-10-6-4-8-16(19)17-9-5-7-11-20(17)23/h4-11,15H,12-14H2,1-3H3. The number of rotatable bonds is 1. The quantitative estimate of drug-likeness (QED) is 0.623. The minimum absolute atomic E-state index is 0.0960. The molecule has 0 aliphatic heterocycles. The van der Waals surface area contributed by atoms with Crippen molar-refractivity contribution < 1.29 is 4.79 Å². The van der Waals surface area contributed by atoms with Gasteiger partial charge in [0.25, 0.3) is 0 Å². The average Bonchev–Trinajstić information content (AvgIpc) is 3.16. The number of benzene rings is 2. The Kier molecular flexibility index (Phi) is 2.96. The number of fused-ring (bicyclic) bond motifs is 6. The Morgan fingerprint density at radius 2 is 1.48 bits per heavy atom. The van der Waals surface area contributed by atoms with E-state index < -0.39 is 8.07 Å². The van der Waals surface area contributed by atoms with Crippen LogP contribution in [0.1, 0.15) is 30.4 Å². The maximum Gasteiger partial charge on any atom is 0.155 e. The van der Waals surface area contributed by atoms with Crippen molar-refractivity contribution in [3.63, 3.8) is 0 Å². The third kappa shape index (κ3) is 1.92. The highest BCUT2D eigenvalue weighted by Gasteiger charge is 2.54. The minimum Gasteiger partial charge on any atom is -0.295 e. The maximum absolute atomic E-state index is 12.7. The molecule has 0 heterocycles. The lowest BCUT2D eigenvalue weighted by Gasteiger charge is -2.28. The van der Waals surface area contributed by atoms with Gasteiger partial charge in [-0.3, -0.25) is 4.79 Å².